The van der Waals surface area contributed by atoms with Crippen molar-refractivity contribution < 1.29 is 4.79 Å². The summed E-state index contributed by atoms with van der Waals surface area (Å²) in [6.07, 6.45) is 0. The van der Waals surface area contributed by atoms with E-state index in [0.717, 1.165) is 16.6 Å². The number of nitrogens with two attached hydrogens (primary N) is 1. The summed E-state index contributed by atoms with van der Waals surface area (Å²) in [5.74, 6) is 0.324. The lowest BCUT2D eigenvalue weighted by Crippen LogP contribution is -2.22. The molecule has 3 N–H and O–H groups in total. The van der Waals surface area contributed by atoms with E-state index in [1.807, 2.05) is 54.6 Å². The van der Waals surface area contributed by atoms with Crippen LogP contribution in [-0.4, -0.2) is 21.1 Å². The van der Waals surface area contributed by atoms with Crippen LogP contribution >= 0.6 is 11.8 Å². The van der Waals surface area contributed by atoms with Crippen molar-refractivity contribution in [3.63, 3.8) is 0 Å². The number of benzene rings is 2. The van der Waals surface area contributed by atoms with Gasteiger partial charge in [-0.05, 0) is 31.2 Å². The van der Waals surface area contributed by atoms with Gasteiger partial charge in [-0.3, -0.25) is 4.79 Å². The number of nitrogens with one attached hydrogen (secondary N) is 1. The largest absolute Gasteiger partial charge is 0.369 e. The maximum absolute atomic E-state index is 11.3. The zero-order chi connectivity index (χ0) is 16.2. The molecule has 0 saturated carbocycles. The van der Waals surface area contributed by atoms with Crippen LogP contribution in [0.1, 0.15) is 6.92 Å². The van der Waals surface area contributed by atoms with Crippen molar-refractivity contribution in [1.29, 1.82) is 0 Å². The number of fused-ring (bicyclic) bond motifs is 1. The number of primary amides is 1. The van der Waals surface area contributed by atoms with Crippen LogP contribution in [0.25, 0.3) is 10.9 Å². The Labute approximate surface area is 138 Å². The molecule has 1 amide bonds. The van der Waals surface area contributed by atoms with Gasteiger partial charge in [0.1, 0.15) is 5.82 Å². The fourth-order valence-corrected chi connectivity index (χ4v) is 2.81. The first kappa shape index (κ1) is 15.3. The molecule has 1 heterocycles. The molecule has 0 fully saturated rings. The second-order valence-corrected chi connectivity index (χ2v) is 6.33. The highest BCUT2D eigenvalue weighted by Gasteiger charge is 2.15. The van der Waals surface area contributed by atoms with Crippen LogP contribution in [0, 0.1) is 0 Å². The number of hydrogen-bond donors (Lipinski definition) is 2. The average Bonchev–Trinajstić information content (AvgIpc) is 2.55. The van der Waals surface area contributed by atoms with Crippen molar-refractivity contribution in [2.24, 2.45) is 5.73 Å². The van der Waals surface area contributed by atoms with E-state index >= 15 is 0 Å². The number of rotatable bonds is 5. The van der Waals surface area contributed by atoms with Crippen molar-refractivity contribution in [1.82, 2.24) is 9.97 Å². The summed E-state index contributed by atoms with van der Waals surface area (Å²) in [6, 6.07) is 17.6. The fraction of sp³-hybridized carbons (Fsp3) is 0.118. The Morgan fingerprint density at radius 2 is 1.78 bits per heavy atom. The molecule has 2 aromatic carbocycles. The van der Waals surface area contributed by atoms with Gasteiger partial charge in [-0.2, -0.15) is 0 Å². The average molecular weight is 324 g/mol. The maximum Gasteiger partial charge on any atom is 0.230 e. The van der Waals surface area contributed by atoms with Crippen LogP contribution in [-0.2, 0) is 4.79 Å². The minimum absolute atomic E-state index is 0.385. The fourth-order valence-electron chi connectivity index (χ4n) is 2.08. The molecule has 0 aliphatic heterocycles. The molecule has 0 saturated heterocycles. The number of carbonyl (C=O) groups is 1. The number of carbonyl (C=O) groups excluding carboxylic acids is 1. The van der Waals surface area contributed by atoms with Crippen molar-refractivity contribution in [2.75, 3.05) is 5.32 Å². The van der Waals surface area contributed by atoms with Gasteiger partial charge in [0.05, 0.1) is 10.8 Å². The number of hydrogen-bond acceptors (Lipinski definition) is 5. The number of nitrogens with zero attached hydrogens (tertiary/aromatic N) is 2. The predicted octanol–water partition coefficient (Wildman–Crippen LogP) is 3.34. The van der Waals surface area contributed by atoms with Gasteiger partial charge < -0.3 is 11.1 Å². The zero-order valence-electron chi connectivity index (χ0n) is 12.6. The minimum Gasteiger partial charge on any atom is -0.369 e. The van der Waals surface area contributed by atoms with E-state index in [9.17, 15) is 4.79 Å². The lowest BCUT2D eigenvalue weighted by atomic mass is 10.2. The highest BCUT2D eigenvalue weighted by Crippen LogP contribution is 2.28. The number of amides is 1. The molecule has 0 aliphatic rings. The van der Waals surface area contributed by atoms with Crippen LogP contribution in [0.5, 0.6) is 0 Å². The summed E-state index contributed by atoms with van der Waals surface area (Å²) in [5.41, 5.74) is 7.09. The Kier molecular flexibility index (Phi) is 4.43. The summed E-state index contributed by atoms with van der Waals surface area (Å²) in [6.45, 7) is 1.75. The molecule has 5 nitrogen and oxygen atoms in total. The van der Waals surface area contributed by atoms with Crippen LogP contribution in [0.15, 0.2) is 59.8 Å². The molecule has 116 valence electrons. The van der Waals surface area contributed by atoms with Crippen molar-refractivity contribution in [2.45, 2.75) is 17.3 Å². The first-order chi connectivity index (χ1) is 11.1. The summed E-state index contributed by atoms with van der Waals surface area (Å²) < 4.78 is 0. The van der Waals surface area contributed by atoms with Crippen LogP contribution < -0.4 is 11.1 Å². The summed E-state index contributed by atoms with van der Waals surface area (Å²) >= 11 is 1.25. The van der Waals surface area contributed by atoms with E-state index in [1.165, 1.54) is 11.8 Å². The second-order valence-electron chi connectivity index (χ2n) is 5.03. The standard InChI is InChI=1S/C17H16N4OS/c1-11(15(18)22)23-17-20-14-10-6-5-9-13(14)16(21-17)19-12-7-3-2-4-8-12/h2-11H,1H3,(H2,18,22)(H,19,20,21). The third-order valence-corrected chi connectivity index (χ3v) is 4.28. The van der Waals surface area contributed by atoms with Gasteiger partial charge in [-0.1, -0.05) is 42.1 Å². The lowest BCUT2D eigenvalue weighted by Gasteiger charge is -2.12. The van der Waals surface area contributed by atoms with Crippen LogP contribution in [0.4, 0.5) is 11.5 Å². The van der Waals surface area contributed by atoms with E-state index in [4.69, 9.17) is 5.73 Å². The molecule has 1 aromatic heterocycles. The Balaban J connectivity index is 2.02. The molecule has 1 unspecified atom stereocenters. The maximum atomic E-state index is 11.3. The summed E-state index contributed by atoms with van der Waals surface area (Å²) in [4.78, 5) is 20.3. The Morgan fingerprint density at radius 3 is 2.52 bits per heavy atom. The Morgan fingerprint density at radius 1 is 1.09 bits per heavy atom. The SMILES string of the molecule is CC(Sc1nc(Nc2ccccc2)c2ccccc2n1)C(N)=O. The van der Waals surface area contributed by atoms with Gasteiger partial charge in [0.15, 0.2) is 5.16 Å². The lowest BCUT2D eigenvalue weighted by molar-refractivity contribution is -0.117. The molecule has 3 rings (SSSR count). The first-order valence-corrected chi connectivity index (χ1v) is 8.06. The second kappa shape index (κ2) is 6.66. The quantitative estimate of drug-likeness (QED) is 0.556. The van der Waals surface area contributed by atoms with E-state index in [0.29, 0.717) is 11.0 Å². The van der Waals surface area contributed by atoms with E-state index in [2.05, 4.69) is 15.3 Å². The number of para-hydroxylation sites is 2. The highest BCUT2D eigenvalue weighted by atomic mass is 32.2. The van der Waals surface area contributed by atoms with E-state index in [1.54, 1.807) is 6.92 Å². The van der Waals surface area contributed by atoms with Gasteiger partial charge >= 0.3 is 0 Å². The molecule has 0 spiro atoms. The number of thioether (sulfide) groups is 1. The summed E-state index contributed by atoms with van der Waals surface area (Å²) in [7, 11) is 0. The Bertz CT molecular complexity index is 838. The molecule has 0 radical (unpaired) electrons. The molecular weight excluding hydrogens is 308 g/mol. The molecule has 23 heavy (non-hydrogen) atoms. The van der Waals surface area contributed by atoms with Crippen LogP contribution in [0.2, 0.25) is 0 Å². The predicted molar refractivity (Wildman–Crippen MR) is 93.8 cm³/mol. The molecule has 0 bridgehead atoms. The highest BCUT2D eigenvalue weighted by molar-refractivity contribution is 8.00. The molecular formula is C17H16N4OS. The van der Waals surface area contributed by atoms with Gasteiger partial charge in [0.2, 0.25) is 5.91 Å². The van der Waals surface area contributed by atoms with Crippen molar-refractivity contribution in [3.8, 4) is 0 Å². The molecule has 1 atom stereocenters. The van der Waals surface area contributed by atoms with E-state index in [-0.39, 0.29) is 11.2 Å². The van der Waals surface area contributed by atoms with E-state index < -0.39 is 0 Å². The monoisotopic (exact) mass is 324 g/mol. The minimum atomic E-state index is -0.388. The number of aromatic nitrogens is 2. The van der Waals surface area contributed by atoms with Crippen molar-refractivity contribution >= 4 is 40.1 Å². The van der Waals surface area contributed by atoms with Crippen molar-refractivity contribution in [3.05, 3.63) is 54.6 Å². The normalized spacial score (nSPS) is 12.0. The van der Waals surface area contributed by atoms with Crippen LogP contribution in [0.3, 0.4) is 0 Å². The Hall–Kier alpha value is -2.60. The molecule has 0 aliphatic carbocycles. The first-order valence-electron chi connectivity index (χ1n) is 7.18. The third-order valence-electron chi connectivity index (χ3n) is 3.30. The summed E-state index contributed by atoms with van der Waals surface area (Å²) in [5, 5.41) is 4.37. The van der Waals surface area contributed by atoms with Gasteiger partial charge in [-0.15, -0.1) is 0 Å². The molecule has 3 aromatic rings. The number of anilines is 2. The van der Waals surface area contributed by atoms with Gasteiger partial charge in [-0.25, -0.2) is 9.97 Å². The zero-order valence-corrected chi connectivity index (χ0v) is 13.4. The smallest absolute Gasteiger partial charge is 0.230 e. The van der Waals surface area contributed by atoms with Gasteiger partial charge in [0, 0.05) is 11.1 Å². The third kappa shape index (κ3) is 3.60. The van der Waals surface area contributed by atoms with Gasteiger partial charge in [0.25, 0.3) is 0 Å². The topological polar surface area (TPSA) is 80.9 Å². The molecule has 6 heteroatoms.